The molecule has 0 spiro atoms. The zero-order valence-corrected chi connectivity index (χ0v) is 10.1. The van der Waals surface area contributed by atoms with E-state index in [1.54, 1.807) is 13.0 Å². The van der Waals surface area contributed by atoms with Crippen LogP contribution in [0.25, 0.3) is 0 Å². The van der Waals surface area contributed by atoms with Crippen molar-refractivity contribution in [3.63, 3.8) is 0 Å². The van der Waals surface area contributed by atoms with E-state index in [0.29, 0.717) is 18.0 Å². The maximum Gasteiger partial charge on any atom is 0.274 e. The van der Waals surface area contributed by atoms with Gasteiger partial charge in [-0.1, -0.05) is 13.0 Å². The summed E-state index contributed by atoms with van der Waals surface area (Å²) < 4.78 is 0. The molecule has 17 heavy (non-hydrogen) atoms. The fraction of sp³-hybridized carbons (Fsp3) is 0.500. The number of aliphatic hydroxyl groups is 1. The molecule has 0 amide bonds. The maximum absolute atomic E-state index is 10.8. The van der Waals surface area contributed by atoms with E-state index in [0.717, 1.165) is 12.1 Å². The molecule has 0 saturated heterocycles. The third kappa shape index (κ3) is 3.71. The first-order valence-corrected chi connectivity index (χ1v) is 5.65. The van der Waals surface area contributed by atoms with Crippen molar-refractivity contribution >= 4 is 11.4 Å². The van der Waals surface area contributed by atoms with Gasteiger partial charge in [0.2, 0.25) is 0 Å². The molecule has 0 heterocycles. The summed E-state index contributed by atoms with van der Waals surface area (Å²) in [5.74, 6) is 0.332. The number of nitro groups is 1. The molecular formula is C12H18N2O3. The lowest BCUT2D eigenvalue weighted by Gasteiger charge is -2.13. The zero-order valence-electron chi connectivity index (χ0n) is 10.1. The minimum Gasteiger partial charge on any atom is -0.396 e. The number of aliphatic hydroxyl groups excluding tert-OH is 1. The van der Waals surface area contributed by atoms with Gasteiger partial charge in [-0.2, -0.15) is 0 Å². The van der Waals surface area contributed by atoms with Gasteiger partial charge in [-0.15, -0.1) is 0 Å². The molecule has 0 fully saturated rings. The Balaban J connectivity index is 2.72. The Kier molecular flexibility index (Phi) is 4.90. The Hall–Kier alpha value is -1.62. The smallest absolute Gasteiger partial charge is 0.274 e. The highest BCUT2D eigenvalue weighted by molar-refractivity contribution is 5.59. The number of nitrogens with zero attached hydrogens (tertiary/aromatic N) is 1. The summed E-state index contributed by atoms with van der Waals surface area (Å²) in [5, 5.41) is 22.7. The molecule has 5 nitrogen and oxygen atoms in total. The number of hydrogen-bond acceptors (Lipinski definition) is 4. The largest absolute Gasteiger partial charge is 0.396 e. The summed E-state index contributed by atoms with van der Waals surface area (Å²) in [6.45, 7) is 4.62. The van der Waals surface area contributed by atoms with Gasteiger partial charge in [-0.3, -0.25) is 10.1 Å². The minimum absolute atomic E-state index is 0.129. The average molecular weight is 238 g/mol. The van der Waals surface area contributed by atoms with Crippen molar-refractivity contribution in [2.45, 2.75) is 20.3 Å². The topological polar surface area (TPSA) is 75.4 Å². The summed E-state index contributed by atoms with van der Waals surface area (Å²) >= 11 is 0. The molecule has 5 heteroatoms. The number of nitrogens with one attached hydrogen (secondary N) is 1. The number of nitro benzene ring substituents is 1. The van der Waals surface area contributed by atoms with Crippen LogP contribution in [0.15, 0.2) is 18.2 Å². The summed E-state index contributed by atoms with van der Waals surface area (Å²) in [5.41, 5.74) is 1.56. The highest BCUT2D eigenvalue weighted by atomic mass is 16.6. The first-order chi connectivity index (χ1) is 8.06. The summed E-state index contributed by atoms with van der Waals surface area (Å²) in [6.07, 6.45) is 0.723. The summed E-state index contributed by atoms with van der Waals surface area (Å²) in [6, 6.07) is 5.00. The van der Waals surface area contributed by atoms with Crippen LogP contribution in [0, 0.1) is 23.0 Å². The zero-order chi connectivity index (χ0) is 12.8. The van der Waals surface area contributed by atoms with Crippen LogP contribution in [0.1, 0.15) is 18.9 Å². The molecule has 0 aliphatic rings. The molecule has 94 valence electrons. The van der Waals surface area contributed by atoms with Crippen molar-refractivity contribution in [2.24, 2.45) is 5.92 Å². The van der Waals surface area contributed by atoms with Crippen LogP contribution in [-0.2, 0) is 0 Å². The van der Waals surface area contributed by atoms with Gasteiger partial charge in [-0.25, -0.2) is 0 Å². The highest BCUT2D eigenvalue weighted by Crippen LogP contribution is 2.25. The summed E-state index contributed by atoms with van der Waals surface area (Å²) in [4.78, 5) is 10.4. The van der Waals surface area contributed by atoms with Crippen molar-refractivity contribution in [1.29, 1.82) is 0 Å². The van der Waals surface area contributed by atoms with E-state index in [1.165, 1.54) is 6.07 Å². The Labute approximate surface area is 101 Å². The van der Waals surface area contributed by atoms with Crippen molar-refractivity contribution in [1.82, 2.24) is 0 Å². The lowest BCUT2D eigenvalue weighted by atomic mass is 10.1. The van der Waals surface area contributed by atoms with E-state index in [-0.39, 0.29) is 17.2 Å². The standard InChI is InChI=1S/C12H18N2O3/c1-9(6-7-15)8-13-11-4-3-5-12(10(11)2)14(16)17/h3-5,9,13,15H,6-8H2,1-2H3. The van der Waals surface area contributed by atoms with Crippen molar-refractivity contribution in [3.8, 4) is 0 Å². The Morgan fingerprint density at radius 3 is 2.82 bits per heavy atom. The average Bonchev–Trinajstić information content (AvgIpc) is 2.27. The molecule has 0 aromatic heterocycles. The fourth-order valence-corrected chi connectivity index (χ4v) is 1.62. The first kappa shape index (κ1) is 13.4. The van der Waals surface area contributed by atoms with E-state index in [1.807, 2.05) is 13.0 Å². The van der Waals surface area contributed by atoms with Gasteiger partial charge >= 0.3 is 0 Å². The molecule has 2 N–H and O–H groups in total. The molecule has 0 aliphatic carbocycles. The predicted molar refractivity (Wildman–Crippen MR) is 67.2 cm³/mol. The maximum atomic E-state index is 10.8. The molecule has 1 unspecified atom stereocenters. The van der Waals surface area contributed by atoms with Crippen LogP contribution in [-0.4, -0.2) is 23.2 Å². The van der Waals surface area contributed by atoms with Gasteiger partial charge in [0.05, 0.1) is 4.92 Å². The van der Waals surface area contributed by atoms with Crippen LogP contribution in [0.4, 0.5) is 11.4 Å². The van der Waals surface area contributed by atoms with E-state index < -0.39 is 0 Å². The monoisotopic (exact) mass is 238 g/mol. The van der Waals surface area contributed by atoms with E-state index in [2.05, 4.69) is 5.32 Å². The van der Waals surface area contributed by atoms with Gasteiger partial charge in [0.15, 0.2) is 0 Å². The molecule has 0 aliphatic heterocycles. The Morgan fingerprint density at radius 1 is 1.53 bits per heavy atom. The van der Waals surface area contributed by atoms with Crippen LogP contribution in [0.5, 0.6) is 0 Å². The van der Waals surface area contributed by atoms with Gasteiger partial charge in [-0.05, 0) is 25.3 Å². The third-order valence-electron chi connectivity index (χ3n) is 2.76. The van der Waals surface area contributed by atoms with Crippen LogP contribution in [0.2, 0.25) is 0 Å². The quantitative estimate of drug-likeness (QED) is 0.589. The summed E-state index contributed by atoms with van der Waals surface area (Å²) in [7, 11) is 0. The van der Waals surface area contributed by atoms with Crippen LogP contribution >= 0.6 is 0 Å². The van der Waals surface area contributed by atoms with Gasteiger partial charge in [0, 0.05) is 30.5 Å². The second kappa shape index (κ2) is 6.20. The lowest BCUT2D eigenvalue weighted by Crippen LogP contribution is -2.13. The van der Waals surface area contributed by atoms with Gasteiger partial charge in [0.25, 0.3) is 5.69 Å². The molecule has 0 radical (unpaired) electrons. The first-order valence-electron chi connectivity index (χ1n) is 5.65. The second-order valence-electron chi connectivity index (χ2n) is 4.21. The van der Waals surface area contributed by atoms with Crippen molar-refractivity contribution in [3.05, 3.63) is 33.9 Å². The van der Waals surface area contributed by atoms with Crippen LogP contribution < -0.4 is 5.32 Å². The Morgan fingerprint density at radius 2 is 2.24 bits per heavy atom. The molecule has 1 atom stereocenters. The van der Waals surface area contributed by atoms with Crippen molar-refractivity contribution in [2.75, 3.05) is 18.5 Å². The van der Waals surface area contributed by atoms with E-state index in [4.69, 9.17) is 5.11 Å². The lowest BCUT2D eigenvalue weighted by molar-refractivity contribution is -0.385. The van der Waals surface area contributed by atoms with Crippen LogP contribution in [0.3, 0.4) is 0 Å². The molecule has 0 bridgehead atoms. The van der Waals surface area contributed by atoms with E-state index in [9.17, 15) is 10.1 Å². The Bertz CT molecular complexity index is 393. The van der Waals surface area contributed by atoms with Crippen molar-refractivity contribution < 1.29 is 10.0 Å². The van der Waals surface area contributed by atoms with Gasteiger partial charge < -0.3 is 10.4 Å². The normalized spacial score (nSPS) is 12.2. The van der Waals surface area contributed by atoms with E-state index >= 15 is 0 Å². The number of hydrogen-bond donors (Lipinski definition) is 2. The molecular weight excluding hydrogens is 220 g/mol. The molecule has 1 aromatic carbocycles. The SMILES string of the molecule is Cc1c(NCC(C)CCO)cccc1[N+](=O)[O-]. The number of benzene rings is 1. The number of anilines is 1. The fourth-order valence-electron chi connectivity index (χ4n) is 1.62. The third-order valence-corrected chi connectivity index (χ3v) is 2.76. The minimum atomic E-state index is -0.377. The highest BCUT2D eigenvalue weighted by Gasteiger charge is 2.13. The molecule has 1 rings (SSSR count). The second-order valence-corrected chi connectivity index (χ2v) is 4.21. The number of rotatable bonds is 6. The molecule has 1 aromatic rings. The molecule has 0 saturated carbocycles. The van der Waals surface area contributed by atoms with Gasteiger partial charge in [0.1, 0.15) is 0 Å². The predicted octanol–water partition coefficient (Wildman–Crippen LogP) is 2.33.